The molecule has 78 valence electrons. The topological polar surface area (TPSA) is 18.5 Å². The van der Waals surface area contributed by atoms with Crippen LogP contribution in [0.15, 0.2) is 12.2 Å². The van der Waals surface area contributed by atoms with Gasteiger partial charge in [0.05, 0.1) is 0 Å². The van der Waals surface area contributed by atoms with E-state index in [0.717, 1.165) is 12.5 Å². The summed E-state index contributed by atoms with van der Waals surface area (Å²) in [7, 11) is 2.30. The summed E-state index contributed by atoms with van der Waals surface area (Å²) in [6.45, 7) is 11.1. The van der Waals surface area contributed by atoms with Crippen molar-refractivity contribution in [3.63, 3.8) is 0 Å². The molecule has 0 aliphatic heterocycles. The molecule has 13 heavy (non-hydrogen) atoms. The summed E-state index contributed by atoms with van der Waals surface area (Å²) >= 11 is 0. The highest BCUT2D eigenvalue weighted by Crippen LogP contribution is 2.19. The number of ether oxygens (including phenoxy) is 2. The molecule has 0 aliphatic rings. The van der Waals surface area contributed by atoms with Crippen LogP contribution in [-0.2, 0) is 9.47 Å². The highest BCUT2D eigenvalue weighted by molar-refractivity contribution is 6.76. The van der Waals surface area contributed by atoms with Gasteiger partial charge in [-0.2, -0.15) is 0 Å². The molecule has 2 nitrogen and oxygen atoms in total. The number of hydrogen-bond acceptors (Lipinski definition) is 2. The van der Waals surface area contributed by atoms with Crippen molar-refractivity contribution in [2.24, 2.45) is 0 Å². The summed E-state index contributed by atoms with van der Waals surface area (Å²) < 4.78 is 10.2. The minimum atomic E-state index is -1.02. The maximum Gasteiger partial charge on any atom is 0.160 e. The monoisotopic (exact) mass is 202 g/mol. The molecule has 0 aromatic heterocycles. The molecule has 0 heterocycles. The molecule has 3 heteroatoms. The van der Waals surface area contributed by atoms with Crippen molar-refractivity contribution < 1.29 is 9.47 Å². The number of methoxy groups -OCH3 is 2. The quantitative estimate of drug-likeness (QED) is 0.374. The fourth-order valence-electron chi connectivity index (χ4n) is 1.32. The zero-order chi connectivity index (χ0) is 10.5. The van der Waals surface area contributed by atoms with Crippen LogP contribution < -0.4 is 0 Å². The van der Waals surface area contributed by atoms with E-state index in [1.165, 1.54) is 5.57 Å². The second kappa shape index (κ2) is 5.57. The molecule has 0 aromatic carbocycles. The third-order valence-corrected chi connectivity index (χ3v) is 3.32. The lowest BCUT2D eigenvalue weighted by molar-refractivity contribution is -0.100. The van der Waals surface area contributed by atoms with E-state index in [0.29, 0.717) is 0 Å². The molecule has 0 fully saturated rings. The molecular formula is C10H22O2Si. The lowest BCUT2D eigenvalue weighted by atomic mass is 10.2. The van der Waals surface area contributed by atoms with Crippen LogP contribution in [0.2, 0.25) is 25.7 Å². The van der Waals surface area contributed by atoms with Gasteiger partial charge in [-0.1, -0.05) is 31.8 Å². The Morgan fingerprint density at radius 3 is 2.00 bits per heavy atom. The Morgan fingerprint density at radius 1 is 1.23 bits per heavy atom. The average molecular weight is 202 g/mol. The predicted molar refractivity (Wildman–Crippen MR) is 59.7 cm³/mol. The maximum atomic E-state index is 5.12. The summed E-state index contributed by atoms with van der Waals surface area (Å²) in [5, 5.41) is 0. The molecule has 0 radical (unpaired) electrons. The van der Waals surface area contributed by atoms with Gasteiger partial charge in [0.15, 0.2) is 6.29 Å². The van der Waals surface area contributed by atoms with E-state index in [4.69, 9.17) is 9.47 Å². The third-order valence-electron chi connectivity index (χ3n) is 1.76. The molecule has 0 unspecified atom stereocenters. The Balaban J connectivity index is 3.86. The van der Waals surface area contributed by atoms with Crippen molar-refractivity contribution in [3.05, 3.63) is 12.2 Å². The zero-order valence-electron chi connectivity index (χ0n) is 9.52. The lowest BCUT2D eigenvalue weighted by Gasteiger charge is -2.20. The molecule has 0 atom stereocenters. The highest BCUT2D eigenvalue weighted by atomic mass is 28.3. The largest absolute Gasteiger partial charge is 0.356 e. The van der Waals surface area contributed by atoms with Crippen LogP contribution in [0.3, 0.4) is 0 Å². The minimum Gasteiger partial charge on any atom is -0.356 e. The molecule has 0 saturated carbocycles. The highest BCUT2D eigenvalue weighted by Gasteiger charge is 2.16. The van der Waals surface area contributed by atoms with Crippen LogP contribution in [0.1, 0.15) is 6.42 Å². The van der Waals surface area contributed by atoms with Crippen molar-refractivity contribution in [2.45, 2.75) is 38.4 Å². The minimum absolute atomic E-state index is 0.121. The van der Waals surface area contributed by atoms with Crippen LogP contribution in [-0.4, -0.2) is 28.6 Å². The Labute approximate surface area is 82.9 Å². The molecule has 0 rings (SSSR count). The van der Waals surface area contributed by atoms with E-state index in [2.05, 4.69) is 26.2 Å². The van der Waals surface area contributed by atoms with Gasteiger partial charge >= 0.3 is 0 Å². The van der Waals surface area contributed by atoms with E-state index in [1.807, 2.05) is 0 Å². The number of rotatable bonds is 6. The second-order valence-electron chi connectivity index (χ2n) is 4.59. The second-order valence-corrected chi connectivity index (χ2v) is 10.1. The first-order valence-corrected chi connectivity index (χ1v) is 8.32. The van der Waals surface area contributed by atoms with E-state index in [1.54, 1.807) is 14.2 Å². The van der Waals surface area contributed by atoms with Gasteiger partial charge in [0.25, 0.3) is 0 Å². The first-order valence-electron chi connectivity index (χ1n) is 4.61. The first-order chi connectivity index (χ1) is 5.89. The van der Waals surface area contributed by atoms with E-state index in [9.17, 15) is 0 Å². The molecule has 0 saturated heterocycles. The van der Waals surface area contributed by atoms with Crippen LogP contribution in [0.25, 0.3) is 0 Å². The van der Waals surface area contributed by atoms with Gasteiger partial charge in [-0.25, -0.2) is 0 Å². The van der Waals surface area contributed by atoms with E-state index in [-0.39, 0.29) is 6.29 Å². The van der Waals surface area contributed by atoms with Crippen LogP contribution in [0, 0.1) is 0 Å². The molecule has 0 bridgehead atoms. The Morgan fingerprint density at radius 2 is 1.69 bits per heavy atom. The fourth-order valence-corrected chi connectivity index (χ4v) is 2.97. The van der Waals surface area contributed by atoms with Gasteiger partial charge in [0.1, 0.15) is 0 Å². The third kappa shape index (κ3) is 6.99. The molecular weight excluding hydrogens is 180 g/mol. The summed E-state index contributed by atoms with van der Waals surface area (Å²) in [6.07, 6.45) is 0.695. The fraction of sp³-hybridized carbons (Fsp3) is 0.800. The summed E-state index contributed by atoms with van der Waals surface area (Å²) in [5.74, 6) is 0. The summed E-state index contributed by atoms with van der Waals surface area (Å²) in [5.41, 5.74) is 1.24. The van der Waals surface area contributed by atoms with E-state index < -0.39 is 8.07 Å². The average Bonchev–Trinajstić information content (AvgIpc) is 1.96. The predicted octanol–water partition coefficient (Wildman–Crippen LogP) is 2.89. The Kier molecular flexibility index (Phi) is 5.52. The Hall–Kier alpha value is -0.123. The van der Waals surface area contributed by atoms with Gasteiger partial charge in [0, 0.05) is 28.7 Å². The van der Waals surface area contributed by atoms with Crippen molar-refractivity contribution in [1.29, 1.82) is 0 Å². The standard InChI is InChI=1S/C10H22O2Si/c1-9(8-13(4,5)6)7-10(11-2)12-3/h10H,1,7-8H2,2-6H3. The van der Waals surface area contributed by atoms with Crippen LogP contribution in [0.4, 0.5) is 0 Å². The lowest BCUT2D eigenvalue weighted by Crippen LogP contribution is -2.22. The zero-order valence-corrected chi connectivity index (χ0v) is 10.5. The molecule has 0 N–H and O–H groups in total. The van der Waals surface area contributed by atoms with E-state index >= 15 is 0 Å². The maximum absolute atomic E-state index is 5.12. The van der Waals surface area contributed by atoms with Crippen molar-refractivity contribution in [3.8, 4) is 0 Å². The molecule has 0 aromatic rings. The van der Waals surface area contributed by atoms with Crippen LogP contribution in [0.5, 0.6) is 0 Å². The molecule has 0 amide bonds. The summed E-state index contributed by atoms with van der Waals surface area (Å²) in [4.78, 5) is 0. The normalized spacial score (nSPS) is 12.2. The van der Waals surface area contributed by atoms with Gasteiger partial charge in [0.2, 0.25) is 0 Å². The smallest absolute Gasteiger partial charge is 0.160 e. The SMILES string of the molecule is C=C(CC(OC)OC)C[Si](C)(C)C. The van der Waals surface area contributed by atoms with Crippen molar-refractivity contribution in [1.82, 2.24) is 0 Å². The van der Waals surface area contributed by atoms with Crippen molar-refractivity contribution >= 4 is 8.07 Å². The van der Waals surface area contributed by atoms with Gasteiger partial charge < -0.3 is 9.47 Å². The van der Waals surface area contributed by atoms with Gasteiger partial charge in [-0.15, -0.1) is 0 Å². The first kappa shape index (κ1) is 12.9. The molecule has 0 spiro atoms. The Bertz CT molecular complexity index is 157. The van der Waals surface area contributed by atoms with Crippen LogP contribution >= 0.6 is 0 Å². The summed E-state index contributed by atoms with van der Waals surface area (Å²) in [6, 6.07) is 1.15. The van der Waals surface area contributed by atoms with Crippen molar-refractivity contribution in [2.75, 3.05) is 14.2 Å². The molecule has 0 aliphatic carbocycles. The van der Waals surface area contributed by atoms with Gasteiger partial charge in [-0.05, 0) is 6.04 Å². The van der Waals surface area contributed by atoms with Gasteiger partial charge in [-0.3, -0.25) is 0 Å². The number of hydrogen-bond donors (Lipinski definition) is 0.